The SMILES string of the molecule is O=C(NCCC(O)C(O)c1ccc2occc2c1)OCC1c2ccccc2-c2ccccc21. The van der Waals surface area contributed by atoms with Crippen LogP contribution in [-0.4, -0.2) is 35.6 Å². The van der Waals surface area contributed by atoms with E-state index in [-0.39, 0.29) is 25.5 Å². The van der Waals surface area contributed by atoms with Crippen LogP contribution in [0.1, 0.15) is 35.1 Å². The van der Waals surface area contributed by atoms with E-state index in [1.807, 2.05) is 24.3 Å². The molecule has 33 heavy (non-hydrogen) atoms. The van der Waals surface area contributed by atoms with Gasteiger partial charge in [0, 0.05) is 17.8 Å². The quantitative estimate of drug-likeness (QED) is 0.383. The van der Waals surface area contributed by atoms with Crippen molar-refractivity contribution in [2.45, 2.75) is 24.5 Å². The molecule has 1 heterocycles. The molecule has 0 fully saturated rings. The highest BCUT2D eigenvalue weighted by atomic mass is 16.5. The van der Waals surface area contributed by atoms with Crippen LogP contribution in [-0.2, 0) is 4.74 Å². The number of aliphatic hydroxyl groups excluding tert-OH is 2. The first-order valence-corrected chi connectivity index (χ1v) is 11.0. The molecule has 0 saturated heterocycles. The molecule has 5 rings (SSSR count). The fourth-order valence-corrected chi connectivity index (χ4v) is 4.52. The summed E-state index contributed by atoms with van der Waals surface area (Å²) < 4.78 is 10.8. The molecule has 0 aliphatic heterocycles. The maximum absolute atomic E-state index is 12.3. The monoisotopic (exact) mass is 443 g/mol. The van der Waals surface area contributed by atoms with Gasteiger partial charge in [-0.15, -0.1) is 0 Å². The fourth-order valence-electron chi connectivity index (χ4n) is 4.52. The Kier molecular flexibility index (Phi) is 5.86. The van der Waals surface area contributed by atoms with Crippen LogP contribution in [0.25, 0.3) is 22.1 Å². The molecule has 1 aliphatic rings. The van der Waals surface area contributed by atoms with Crippen molar-refractivity contribution in [2.24, 2.45) is 0 Å². The zero-order valence-electron chi connectivity index (χ0n) is 18.0. The predicted octanol–water partition coefficient (Wildman–Crippen LogP) is 4.76. The number of carbonyl (C=O) groups is 1. The number of rotatable bonds is 7. The van der Waals surface area contributed by atoms with Gasteiger partial charge in [0.1, 0.15) is 18.3 Å². The van der Waals surface area contributed by atoms with Gasteiger partial charge in [-0.3, -0.25) is 0 Å². The normalized spacial score (nSPS) is 14.5. The molecule has 1 aliphatic carbocycles. The van der Waals surface area contributed by atoms with E-state index in [0.717, 1.165) is 22.1 Å². The third kappa shape index (κ3) is 4.23. The maximum atomic E-state index is 12.3. The number of carbonyl (C=O) groups excluding carboxylic acids is 1. The lowest BCUT2D eigenvalue weighted by molar-refractivity contribution is 0.0137. The number of aliphatic hydroxyl groups is 2. The van der Waals surface area contributed by atoms with Crippen molar-refractivity contribution in [1.82, 2.24) is 5.32 Å². The van der Waals surface area contributed by atoms with Gasteiger partial charge in [0.15, 0.2) is 0 Å². The van der Waals surface area contributed by atoms with E-state index in [1.54, 1.807) is 30.5 Å². The Morgan fingerprint density at radius 2 is 1.67 bits per heavy atom. The van der Waals surface area contributed by atoms with Crippen molar-refractivity contribution in [3.05, 3.63) is 95.7 Å². The summed E-state index contributed by atoms with van der Waals surface area (Å²) in [6, 6.07) is 23.4. The number of hydrogen-bond acceptors (Lipinski definition) is 5. The van der Waals surface area contributed by atoms with Crippen LogP contribution in [0, 0.1) is 0 Å². The zero-order valence-corrected chi connectivity index (χ0v) is 18.0. The van der Waals surface area contributed by atoms with Gasteiger partial charge in [-0.1, -0.05) is 54.6 Å². The van der Waals surface area contributed by atoms with Gasteiger partial charge in [0.2, 0.25) is 0 Å². The first-order valence-electron chi connectivity index (χ1n) is 11.0. The summed E-state index contributed by atoms with van der Waals surface area (Å²) in [5.74, 6) is -0.00611. The maximum Gasteiger partial charge on any atom is 0.407 e. The van der Waals surface area contributed by atoms with E-state index in [2.05, 4.69) is 29.6 Å². The molecule has 0 saturated carbocycles. The van der Waals surface area contributed by atoms with Crippen molar-refractivity contribution < 1.29 is 24.2 Å². The number of amides is 1. The molecule has 1 aromatic heterocycles. The van der Waals surface area contributed by atoms with E-state index in [9.17, 15) is 15.0 Å². The minimum atomic E-state index is -1.06. The number of furan rings is 1. The second-order valence-electron chi connectivity index (χ2n) is 8.27. The molecule has 3 aromatic carbocycles. The number of fused-ring (bicyclic) bond motifs is 4. The predicted molar refractivity (Wildman–Crippen MR) is 125 cm³/mol. The Balaban J connectivity index is 1.13. The van der Waals surface area contributed by atoms with E-state index in [1.165, 1.54) is 11.1 Å². The molecule has 1 amide bonds. The summed E-state index contributed by atoms with van der Waals surface area (Å²) in [6.45, 7) is 0.415. The highest BCUT2D eigenvalue weighted by molar-refractivity contribution is 5.79. The Hall–Kier alpha value is -3.61. The summed E-state index contributed by atoms with van der Waals surface area (Å²) in [5, 5.41) is 24.3. The Morgan fingerprint density at radius 3 is 2.39 bits per heavy atom. The average Bonchev–Trinajstić information content (AvgIpc) is 3.44. The van der Waals surface area contributed by atoms with Gasteiger partial charge in [-0.2, -0.15) is 0 Å². The molecule has 0 radical (unpaired) electrons. The number of hydrogen-bond donors (Lipinski definition) is 3. The lowest BCUT2D eigenvalue weighted by Gasteiger charge is -2.19. The third-order valence-corrected chi connectivity index (χ3v) is 6.24. The van der Waals surface area contributed by atoms with Crippen LogP contribution in [0.3, 0.4) is 0 Å². The third-order valence-electron chi connectivity index (χ3n) is 6.24. The summed E-state index contributed by atoms with van der Waals surface area (Å²) >= 11 is 0. The molecule has 3 N–H and O–H groups in total. The summed E-state index contributed by atoms with van der Waals surface area (Å²) in [4.78, 5) is 12.3. The Morgan fingerprint density at radius 1 is 0.970 bits per heavy atom. The molecule has 0 spiro atoms. The molecular weight excluding hydrogens is 418 g/mol. The number of ether oxygens (including phenoxy) is 1. The molecule has 6 heteroatoms. The second-order valence-corrected chi connectivity index (χ2v) is 8.27. The lowest BCUT2D eigenvalue weighted by atomic mass is 9.98. The van der Waals surface area contributed by atoms with Crippen molar-refractivity contribution in [2.75, 3.05) is 13.2 Å². The van der Waals surface area contributed by atoms with Crippen LogP contribution in [0.5, 0.6) is 0 Å². The van der Waals surface area contributed by atoms with E-state index in [4.69, 9.17) is 9.15 Å². The van der Waals surface area contributed by atoms with Crippen LogP contribution < -0.4 is 5.32 Å². The smallest absolute Gasteiger partial charge is 0.407 e. The van der Waals surface area contributed by atoms with Gasteiger partial charge in [-0.05, 0) is 52.4 Å². The van der Waals surface area contributed by atoms with Crippen LogP contribution in [0.15, 0.2) is 83.5 Å². The van der Waals surface area contributed by atoms with Crippen molar-refractivity contribution in [3.63, 3.8) is 0 Å². The largest absolute Gasteiger partial charge is 0.464 e. The molecule has 6 nitrogen and oxygen atoms in total. The number of alkyl carbamates (subject to hydrolysis) is 1. The Labute approximate surface area is 191 Å². The van der Waals surface area contributed by atoms with Gasteiger partial charge in [-0.25, -0.2) is 4.79 Å². The van der Waals surface area contributed by atoms with Gasteiger partial charge >= 0.3 is 6.09 Å². The number of benzene rings is 3. The second kappa shape index (κ2) is 9.10. The standard InChI is InChI=1S/C27H25NO5/c29-24(26(30)18-9-10-25-17(15-18)12-14-32-25)11-13-28-27(31)33-16-23-21-7-3-1-5-19(21)20-6-2-4-8-22(20)23/h1-10,12,14-15,23-24,26,29-30H,11,13,16H2,(H,28,31). The zero-order chi connectivity index (χ0) is 22.8. The average molecular weight is 443 g/mol. The topological polar surface area (TPSA) is 91.9 Å². The van der Waals surface area contributed by atoms with Crippen molar-refractivity contribution in [3.8, 4) is 11.1 Å². The van der Waals surface area contributed by atoms with Gasteiger partial charge < -0.3 is 24.7 Å². The fraction of sp³-hybridized carbons (Fsp3) is 0.222. The lowest BCUT2D eigenvalue weighted by Crippen LogP contribution is -2.30. The Bertz CT molecular complexity index is 1230. The minimum Gasteiger partial charge on any atom is -0.464 e. The van der Waals surface area contributed by atoms with Gasteiger partial charge in [0.25, 0.3) is 0 Å². The van der Waals surface area contributed by atoms with E-state index in [0.29, 0.717) is 5.56 Å². The molecule has 168 valence electrons. The van der Waals surface area contributed by atoms with Crippen LogP contribution >= 0.6 is 0 Å². The summed E-state index contributed by atoms with van der Waals surface area (Å²) in [7, 11) is 0. The first-order chi connectivity index (χ1) is 16.1. The van der Waals surface area contributed by atoms with Gasteiger partial charge in [0.05, 0.1) is 12.4 Å². The first kappa shape index (κ1) is 21.2. The van der Waals surface area contributed by atoms with Crippen molar-refractivity contribution >= 4 is 17.1 Å². The number of nitrogens with one attached hydrogen (secondary N) is 1. The molecule has 0 bridgehead atoms. The molecule has 2 unspecified atom stereocenters. The minimum absolute atomic E-state index is 0.00611. The van der Waals surface area contributed by atoms with Crippen molar-refractivity contribution in [1.29, 1.82) is 0 Å². The summed E-state index contributed by atoms with van der Waals surface area (Å²) in [6.07, 6.45) is -0.861. The van der Waals surface area contributed by atoms with E-state index < -0.39 is 18.3 Å². The summed E-state index contributed by atoms with van der Waals surface area (Å²) in [5.41, 5.74) is 5.97. The molecule has 2 atom stereocenters. The van der Waals surface area contributed by atoms with Crippen LogP contribution in [0.4, 0.5) is 4.79 Å². The molecular formula is C27H25NO5. The highest BCUT2D eigenvalue weighted by Gasteiger charge is 2.29. The van der Waals surface area contributed by atoms with E-state index >= 15 is 0 Å². The van der Waals surface area contributed by atoms with Crippen LogP contribution in [0.2, 0.25) is 0 Å². The highest BCUT2D eigenvalue weighted by Crippen LogP contribution is 2.44. The molecule has 4 aromatic rings.